The van der Waals surface area contributed by atoms with E-state index in [4.69, 9.17) is 0 Å². The van der Waals surface area contributed by atoms with E-state index in [2.05, 4.69) is 19.8 Å². The van der Waals surface area contributed by atoms with Crippen molar-refractivity contribution in [2.45, 2.75) is 52.8 Å². The highest BCUT2D eigenvalue weighted by molar-refractivity contribution is 5.82. The summed E-state index contributed by atoms with van der Waals surface area (Å²) >= 11 is 0. The van der Waals surface area contributed by atoms with Crippen molar-refractivity contribution >= 4 is 17.7 Å². The number of esters is 1. The van der Waals surface area contributed by atoms with Crippen LogP contribution in [0.2, 0.25) is 0 Å². The zero-order valence-electron chi connectivity index (χ0n) is 16.3. The molecule has 2 aromatic heterocycles. The Morgan fingerprint density at radius 2 is 1.86 bits per heavy atom. The smallest absolute Gasteiger partial charge is 0.453 e. The first-order valence-corrected chi connectivity index (χ1v) is 8.62. The molecular weight excluding hydrogens is 379 g/mol. The van der Waals surface area contributed by atoms with Crippen LogP contribution in [0.1, 0.15) is 43.0 Å². The molecule has 0 spiro atoms. The van der Waals surface area contributed by atoms with E-state index in [9.17, 15) is 22.8 Å². The van der Waals surface area contributed by atoms with Gasteiger partial charge in [-0.05, 0) is 39.7 Å². The molecule has 0 unspecified atom stereocenters. The first kappa shape index (κ1) is 21.6. The van der Waals surface area contributed by atoms with Crippen LogP contribution in [0.3, 0.4) is 0 Å². The molecule has 28 heavy (non-hydrogen) atoms. The summed E-state index contributed by atoms with van der Waals surface area (Å²) in [7, 11) is 1.24. The Kier molecular flexibility index (Phi) is 6.25. The molecule has 2 rings (SSSR count). The molecule has 0 radical (unpaired) electrons. The second-order valence-electron chi connectivity index (χ2n) is 6.60. The van der Waals surface area contributed by atoms with Gasteiger partial charge in [-0.15, -0.1) is 5.10 Å². The number of hydrogen-bond donors (Lipinski definition) is 0. The molecule has 2 aromatic rings. The van der Waals surface area contributed by atoms with Gasteiger partial charge < -0.3 is 9.64 Å². The monoisotopic (exact) mass is 401 g/mol. The summed E-state index contributed by atoms with van der Waals surface area (Å²) in [5.41, 5.74) is 1.52. The summed E-state index contributed by atoms with van der Waals surface area (Å²) in [4.78, 5) is 32.9. The molecule has 154 valence electrons. The third kappa shape index (κ3) is 4.57. The lowest BCUT2D eigenvalue weighted by Gasteiger charge is -2.25. The van der Waals surface area contributed by atoms with Gasteiger partial charge in [0, 0.05) is 23.9 Å². The van der Waals surface area contributed by atoms with Crippen LogP contribution in [0, 0.1) is 13.8 Å². The summed E-state index contributed by atoms with van der Waals surface area (Å²) in [5.74, 6) is -2.21. The van der Waals surface area contributed by atoms with Crippen LogP contribution in [0.15, 0.2) is 0 Å². The van der Waals surface area contributed by atoms with Gasteiger partial charge in [-0.1, -0.05) is 0 Å². The van der Waals surface area contributed by atoms with E-state index in [1.165, 1.54) is 12.0 Å². The van der Waals surface area contributed by atoms with Gasteiger partial charge in [-0.25, -0.2) is 9.50 Å². The van der Waals surface area contributed by atoms with Crippen molar-refractivity contribution in [3.05, 3.63) is 22.8 Å². The fourth-order valence-corrected chi connectivity index (χ4v) is 2.83. The number of amides is 1. The van der Waals surface area contributed by atoms with Crippen LogP contribution in [0.4, 0.5) is 13.2 Å². The molecule has 0 aliphatic heterocycles. The van der Waals surface area contributed by atoms with Crippen molar-refractivity contribution in [2.75, 3.05) is 13.7 Å². The third-order valence-electron chi connectivity index (χ3n) is 4.36. The fourth-order valence-electron chi connectivity index (χ4n) is 2.83. The number of fused-ring (bicyclic) bond motifs is 1. The van der Waals surface area contributed by atoms with Crippen molar-refractivity contribution in [3.63, 3.8) is 0 Å². The summed E-state index contributed by atoms with van der Waals surface area (Å²) in [5, 5.41) is 3.49. The van der Waals surface area contributed by atoms with E-state index in [1.54, 1.807) is 27.7 Å². The Morgan fingerprint density at radius 3 is 2.39 bits per heavy atom. The summed E-state index contributed by atoms with van der Waals surface area (Å²) in [6.07, 6.45) is -4.37. The van der Waals surface area contributed by atoms with Crippen LogP contribution in [-0.2, 0) is 26.9 Å². The fraction of sp³-hybridized carbons (Fsp3) is 0.588. The molecular formula is C17H22F3N5O3. The number of methoxy groups -OCH3 is 1. The van der Waals surface area contributed by atoms with Gasteiger partial charge in [-0.2, -0.15) is 18.2 Å². The van der Waals surface area contributed by atoms with Crippen molar-refractivity contribution in [3.8, 4) is 0 Å². The Bertz CT molecular complexity index is 892. The second kappa shape index (κ2) is 8.11. The lowest BCUT2D eigenvalue weighted by molar-refractivity contribution is -0.148. The molecule has 0 bridgehead atoms. The summed E-state index contributed by atoms with van der Waals surface area (Å²) < 4.78 is 44.2. The number of aryl methyl sites for hydroxylation is 2. The Labute approximate surface area is 159 Å². The summed E-state index contributed by atoms with van der Waals surface area (Å²) in [6.45, 7) is 6.63. The largest absolute Gasteiger partial charge is 0.468 e. The van der Waals surface area contributed by atoms with Gasteiger partial charge in [0.15, 0.2) is 0 Å². The number of nitrogens with zero attached hydrogens (tertiary/aromatic N) is 5. The molecule has 0 saturated carbocycles. The Hall–Kier alpha value is -2.72. The van der Waals surface area contributed by atoms with E-state index >= 15 is 0 Å². The molecule has 1 amide bonds. The van der Waals surface area contributed by atoms with Crippen molar-refractivity contribution < 1.29 is 27.5 Å². The lowest BCUT2D eigenvalue weighted by Crippen LogP contribution is -2.41. The van der Waals surface area contributed by atoms with E-state index in [-0.39, 0.29) is 37.1 Å². The lowest BCUT2D eigenvalue weighted by atomic mass is 10.1. The molecule has 11 heteroatoms. The topological polar surface area (TPSA) is 89.7 Å². The van der Waals surface area contributed by atoms with Crippen molar-refractivity contribution in [1.82, 2.24) is 24.5 Å². The van der Waals surface area contributed by atoms with Crippen molar-refractivity contribution in [2.24, 2.45) is 0 Å². The van der Waals surface area contributed by atoms with E-state index < -0.39 is 18.0 Å². The van der Waals surface area contributed by atoms with Gasteiger partial charge in [0.2, 0.25) is 5.91 Å². The second-order valence-corrected chi connectivity index (χ2v) is 6.60. The van der Waals surface area contributed by atoms with E-state index in [0.717, 1.165) is 4.52 Å². The predicted octanol–water partition coefficient (Wildman–Crippen LogP) is 2.10. The highest BCUT2D eigenvalue weighted by atomic mass is 19.4. The maximum absolute atomic E-state index is 12.9. The number of ether oxygens (including phenoxy) is 1. The number of hydrogen-bond acceptors (Lipinski definition) is 6. The van der Waals surface area contributed by atoms with Gasteiger partial charge in [-0.3, -0.25) is 9.59 Å². The molecule has 8 nitrogen and oxygen atoms in total. The number of rotatable bonds is 6. The molecule has 0 aliphatic carbocycles. The maximum atomic E-state index is 12.9. The Morgan fingerprint density at radius 1 is 1.21 bits per heavy atom. The number of aromatic nitrogens is 4. The number of carbonyl (C=O) groups excluding carboxylic acids is 2. The van der Waals surface area contributed by atoms with E-state index in [0.29, 0.717) is 17.0 Å². The first-order valence-electron chi connectivity index (χ1n) is 8.62. The predicted molar refractivity (Wildman–Crippen MR) is 92.4 cm³/mol. The average molecular weight is 401 g/mol. The normalized spacial score (nSPS) is 11.9. The number of alkyl halides is 3. The van der Waals surface area contributed by atoms with Gasteiger partial charge >= 0.3 is 12.1 Å². The molecule has 0 saturated heterocycles. The molecule has 2 heterocycles. The minimum Gasteiger partial charge on any atom is -0.468 e. The number of halogens is 3. The third-order valence-corrected chi connectivity index (χ3v) is 4.36. The van der Waals surface area contributed by atoms with Gasteiger partial charge in [0.1, 0.15) is 6.54 Å². The highest BCUT2D eigenvalue weighted by Crippen LogP contribution is 2.27. The quantitative estimate of drug-likeness (QED) is 0.689. The SMILES string of the molecule is COC(=O)CN(C(=O)CCc1c(C)nc2nc(C(F)(F)F)nn2c1C)C(C)C. The highest BCUT2D eigenvalue weighted by Gasteiger charge is 2.37. The van der Waals surface area contributed by atoms with E-state index in [1.807, 2.05) is 0 Å². The minimum atomic E-state index is -4.67. The average Bonchev–Trinajstić information content (AvgIpc) is 3.03. The van der Waals surface area contributed by atoms with Crippen molar-refractivity contribution in [1.29, 1.82) is 0 Å². The molecule has 0 aliphatic rings. The minimum absolute atomic E-state index is 0.0604. The maximum Gasteiger partial charge on any atom is 0.453 e. The van der Waals surface area contributed by atoms with Crippen LogP contribution in [-0.4, -0.2) is 56.1 Å². The van der Waals surface area contributed by atoms with Gasteiger partial charge in [0.25, 0.3) is 11.6 Å². The zero-order chi connectivity index (χ0) is 21.2. The molecule has 0 aromatic carbocycles. The molecule has 0 fully saturated rings. The molecule has 0 atom stereocenters. The van der Waals surface area contributed by atoms with Crippen LogP contribution in [0.25, 0.3) is 5.78 Å². The van der Waals surface area contributed by atoms with Crippen LogP contribution < -0.4 is 0 Å². The molecule has 0 N–H and O–H groups in total. The Balaban J connectivity index is 2.26. The van der Waals surface area contributed by atoms with Gasteiger partial charge in [0.05, 0.1) is 7.11 Å². The number of carbonyl (C=O) groups is 2. The summed E-state index contributed by atoms with van der Waals surface area (Å²) in [6, 6.07) is -0.209. The zero-order valence-corrected chi connectivity index (χ0v) is 16.3. The van der Waals surface area contributed by atoms with Crippen LogP contribution in [0.5, 0.6) is 0 Å². The first-order chi connectivity index (χ1) is 13.0. The van der Waals surface area contributed by atoms with Crippen LogP contribution >= 0.6 is 0 Å². The standard InChI is InChI=1S/C17H22F3N5O3/c1-9(2)24(8-14(27)28-5)13(26)7-6-12-10(3)21-16-22-15(17(18,19)20)23-25(16)11(12)4/h9H,6-8H2,1-5H3.